The van der Waals surface area contributed by atoms with Crippen molar-refractivity contribution >= 4 is 43.6 Å². The topological polar surface area (TPSA) is 57.4 Å². The first kappa shape index (κ1) is 23.8. The van der Waals surface area contributed by atoms with E-state index in [4.69, 9.17) is 0 Å². The molecule has 0 aliphatic carbocycles. The van der Waals surface area contributed by atoms with E-state index in [2.05, 4.69) is 94.1 Å². The van der Waals surface area contributed by atoms with E-state index in [1.165, 1.54) is 0 Å². The van der Waals surface area contributed by atoms with Crippen molar-refractivity contribution in [3.05, 3.63) is 145 Å². The molecule has 0 amide bonds. The highest BCUT2D eigenvalue weighted by Crippen LogP contribution is 2.40. The molecule has 0 saturated carbocycles. The van der Waals surface area contributed by atoms with Crippen LogP contribution in [0.2, 0.25) is 0 Å². The number of nitrogens with zero attached hydrogens (tertiary/aromatic N) is 4. The summed E-state index contributed by atoms with van der Waals surface area (Å²) in [6.07, 6.45) is 0. The van der Waals surface area contributed by atoms with Gasteiger partial charge in [0.05, 0.1) is 50.6 Å². The summed E-state index contributed by atoms with van der Waals surface area (Å²) in [5.74, 6) is 0. The predicted octanol–water partition coefficient (Wildman–Crippen LogP) is 9.29. The van der Waals surface area contributed by atoms with Crippen molar-refractivity contribution in [1.82, 2.24) is 9.13 Å². The van der Waals surface area contributed by atoms with Crippen LogP contribution in [0.5, 0.6) is 0 Å². The first-order chi connectivity index (χ1) is 20.8. The lowest BCUT2D eigenvalue weighted by Crippen LogP contribution is -2.02. The normalized spacial score (nSPS) is 11.3. The van der Waals surface area contributed by atoms with Crippen LogP contribution in [0.25, 0.3) is 66.1 Å². The van der Waals surface area contributed by atoms with E-state index in [0.29, 0.717) is 11.1 Å². The molecule has 4 heteroatoms. The molecule has 4 nitrogen and oxygen atoms in total. The molecule has 0 N–H and O–H groups in total. The largest absolute Gasteiger partial charge is 0.309 e. The highest BCUT2D eigenvalue weighted by Gasteiger charge is 2.21. The smallest absolute Gasteiger partial charge is 0.102 e. The highest BCUT2D eigenvalue weighted by atomic mass is 15.0. The van der Waals surface area contributed by atoms with Gasteiger partial charge in [-0.15, -0.1) is 0 Å². The van der Waals surface area contributed by atoms with Gasteiger partial charge in [-0.05, 0) is 42.5 Å². The average molecular weight is 535 g/mol. The monoisotopic (exact) mass is 534 g/mol. The van der Waals surface area contributed by atoms with Crippen LogP contribution in [-0.2, 0) is 0 Å². The number of nitriles is 2. The molecule has 0 radical (unpaired) electrons. The first-order valence-corrected chi connectivity index (χ1v) is 13.8. The van der Waals surface area contributed by atoms with Gasteiger partial charge in [-0.2, -0.15) is 10.5 Å². The van der Waals surface area contributed by atoms with Gasteiger partial charge in [-0.1, -0.05) is 91.0 Å². The van der Waals surface area contributed by atoms with Crippen molar-refractivity contribution in [2.24, 2.45) is 0 Å². The van der Waals surface area contributed by atoms with Gasteiger partial charge in [0, 0.05) is 32.7 Å². The molecular formula is C38H22N4. The molecule has 194 valence electrons. The molecular weight excluding hydrogens is 512 g/mol. The maximum absolute atomic E-state index is 10.7. The molecule has 8 rings (SSSR count). The van der Waals surface area contributed by atoms with Gasteiger partial charge in [0.25, 0.3) is 0 Å². The molecule has 0 bridgehead atoms. The molecule has 0 aliphatic rings. The Morgan fingerprint density at radius 1 is 0.405 bits per heavy atom. The van der Waals surface area contributed by atoms with E-state index < -0.39 is 0 Å². The van der Waals surface area contributed by atoms with Gasteiger partial charge >= 0.3 is 0 Å². The van der Waals surface area contributed by atoms with Gasteiger partial charge in [0.2, 0.25) is 0 Å². The minimum Gasteiger partial charge on any atom is -0.309 e. The van der Waals surface area contributed by atoms with Crippen molar-refractivity contribution in [2.45, 2.75) is 0 Å². The second-order valence-corrected chi connectivity index (χ2v) is 10.4. The molecule has 0 spiro atoms. The third-order valence-corrected chi connectivity index (χ3v) is 8.21. The van der Waals surface area contributed by atoms with Crippen LogP contribution in [-0.4, -0.2) is 9.13 Å². The minimum atomic E-state index is 0.563. The van der Waals surface area contributed by atoms with Gasteiger partial charge in [-0.3, -0.25) is 0 Å². The summed E-state index contributed by atoms with van der Waals surface area (Å²) in [5, 5.41) is 25.2. The number of rotatable bonds is 3. The lowest BCUT2D eigenvalue weighted by Gasteiger charge is -2.18. The third-order valence-electron chi connectivity index (χ3n) is 8.21. The maximum atomic E-state index is 10.7. The Balaban J connectivity index is 1.47. The summed E-state index contributed by atoms with van der Waals surface area (Å²) >= 11 is 0. The molecule has 0 fully saturated rings. The van der Waals surface area contributed by atoms with E-state index in [0.717, 1.165) is 66.1 Å². The molecule has 0 aliphatic heterocycles. The van der Waals surface area contributed by atoms with E-state index in [1.807, 2.05) is 60.7 Å². The van der Waals surface area contributed by atoms with Crippen molar-refractivity contribution in [1.29, 1.82) is 10.5 Å². The average Bonchev–Trinajstić information content (AvgIpc) is 3.57. The van der Waals surface area contributed by atoms with Crippen molar-refractivity contribution in [2.75, 3.05) is 0 Å². The Labute approximate surface area is 242 Å². The predicted molar refractivity (Wildman–Crippen MR) is 170 cm³/mol. The molecule has 2 heterocycles. The summed E-state index contributed by atoms with van der Waals surface area (Å²) in [5.41, 5.74) is 8.73. The van der Waals surface area contributed by atoms with Crippen LogP contribution in [0, 0.1) is 22.7 Å². The number of hydrogen-bond acceptors (Lipinski definition) is 2. The van der Waals surface area contributed by atoms with Crippen LogP contribution in [0.3, 0.4) is 0 Å². The fourth-order valence-corrected chi connectivity index (χ4v) is 6.45. The van der Waals surface area contributed by atoms with Gasteiger partial charge in [-0.25, -0.2) is 0 Å². The SMILES string of the molecule is N#Cc1ccc(-c2cccc(-n3c4ccccc4c4ccccc43)c2C#N)c(-n2c3ccccc3c3ccccc32)c1. The lowest BCUT2D eigenvalue weighted by molar-refractivity contribution is 1.16. The standard InChI is InChI=1S/C38H22N4/c39-23-25-20-21-31(38(22-25)42-35-17-7-3-12-29(35)30-13-4-8-18-36(30)42)26-14-9-19-37(32(26)24-40)41-33-15-5-1-10-27(33)28-11-2-6-16-34(28)41/h1-22H. The van der Waals surface area contributed by atoms with Crippen molar-refractivity contribution in [3.8, 4) is 34.6 Å². The molecule has 0 unspecified atom stereocenters. The third kappa shape index (κ3) is 3.33. The Morgan fingerprint density at radius 3 is 1.36 bits per heavy atom. The summed E-state index contributed by atoms with van der Waals surface area (Å²) in [6.45, 7) is 0. The number of hydrogen-bond donors (Lipinski definition) is 0. The highest BCUT2D eigenvalue weighted by molar-refractivity contribution is 6.11. The fraction of sp³-hybridized carbons (Fsp3) is 0. The molecule has 42 heavy (non-hydrogen) atoms. The summed E-state index contributed by atoms with van der Waals surface area (Å²) in [7, 11) is 0. The maximum Gasteiger partial charge on any atom is 0.102 e. The first-order valence-electron chi connectivity index (χ1n) is 13.8. The van der Waals surface area contributed by atoms with Gasteiger partial charge in [0.15, 0.2) is 0 Å². The zero-order chi connectivity index (χ0) is 28.2. The molecule has 6 aromatic carbocycles. The number of aromatic nitrogens is 2. The van der Waals surface area contributed by atoms with E-state index in [-0.39, 0.29) is 0 Å². The fourth-order valence-electron chi connectivity index (χ4n) is 6.45. The Kier molecular flexibility index (Phi) is 5.22. The van der Waals surface area contributed by atoms with Crippen molar-refractivity contribution < 1.29 is 0 Å². The van der Waals surface area contributed by atoms with Crippen molar-refractivity contribution in [3.63, 3.8) is 0 Å². The minimum absolute atomic E-state index is 0.563. The Morgan fingerprint density at radius 2 is 0.881 bits per heavy atom. The quantitative estimate of drug-likeness (QED) is 0.227. The van der Waals surface area contributed by atoms with Gasteiger partial charge < -0.3 is 9.13 Å². The summed E-state index contributed by atoms with van der Waals surface area (Å²) in [4.78, 5) is 0. The number of para-hydroxylation sites is 4. The van der Waals surface area contributed by atoms with E-state index >= 15 is 0 Å². The van der Waals surface area contributed by atoms with Crippen LogP contribution in [0.15, 0.2) is 133 Å². The molecule has 0 atom stereocenters. The second-order valence-electron chi connectivity index (χ2n) is 10.4. The Bertz CT molecular complexity index is 2340. The van der Waals surface area contributed by atoms with Crippen LogP contribution in [0.4, 0.5) is 0 Å². The second kappa shape index (κ2) is 9.24. The van der Waals surface area contributed by atoms with Crippen LogP contribution >= 0.6 is 0 Å². The van der Waals surface area contributed by atoms with Crippen LogP contribution < -0.4 is 0 Å². The molecule has 8 aromatic rings. The number of fused-ring (bicyclic) bond motifs is 6. The van der Waals surface area contributed by atoms with E-state index in [1.54, 1.807) is 0 Å². The summed E-state index contributed by atoms with van der Waals surface area (Å²) < 4.78 is 4.41. The van der Waals surface area contributed by atoms with Gasteiger partial charge in [0.1, 0.15) is 6.07 Å². The number of benzene rings is 6. The zero-order valence-corrected chi connectivity index (χ0v) is 22.5. The Hall–Kier alpha value is -6.10. The van der Waals surface area contributed by atoms with E-state index in [9.17, 15) is 10.5 Å². The lowest BCUT2D eigenvalue weighted by atomic mass is 9.95. The molecule has 2 aromatic heterocycles. The zero-order valence-electron chi connectivity index (χ0n) is 22.5. The summed E-state index contributed by atoms with van der Waals surface area (Å²) in [6, 6.07) is 50.0. The molecule has 0 saturated heterocycles. The van der Waals surface area contributed by atoms with Crippen LogP contribution in [0.1, 0.15) is 11.1 Å².